The summed E-state index contributed by atoms with van der Waals surface area (Å²) < 4.78 is 11.8. The van der Waals surface area contributed by atoms with E-state index in [4.69, 9.17) is 9.47 Å². The van der Waals surface area contributed by atoms with Crippen molar-refractivity contribution in [1.82, 2.24) is 0 Å². The first-order valence-electron chi connectivity index (χ1n) is 11.7. The number of phenolic OH excluding ortho intramolecular Hbond substituents is 1. The third kappa shape index (κ3) is 8.42. The summed E-state index contributed by atoms with van der Waals surface area (Å²) in [7, 11) is 0. The summed E-state index contributed by atoms with van der Waals surface area (Å²) >= 11 is 0. The Bertz CT molecular complexity index is 1060. The maximum absolute atomic E-state index is 9.53. The number of rotatable bonds is 10. The van der Waals surface area contributed by atoms with Crippen LogP contribution in [0.25, 0.3) is 18.2 Å². The van der Waals surface area contributed by atoms with Crippen LogP contribution >= 0.6 is 0 Å². The van der Waals surface area contributed by atoms with Crippen molar-refractivity contribution in [2.24, 2.45) is 0 Å². The first-order chi connectivity index (χ1) is 16.3. The molecule has 176 valence electrons. The Kier molecular flexibility index (Phi) is 8.89. The molecule has 0 saturated carbocycles. The molecule has 0 bridgehead atoms. The quantitative estimate of drug-likeness (QED) is 0.249. The molecule has 3 rings (SSSR count). The normalized spacial score (nSPS) is 12.5. The second kappa shape index (κ2) is 12.1. The highest BCUT2D eigenvalue weighted by Crippen LogP contribution is 2.22. The molecule has 0 radical (unpaired) electrons. The van der Waals surface area contributed by atoms with Crippen LogP contribution < -0.4 is 4.74 Å². The van der Waals surface area contributed by atoms with E-state index >= 15 is 0 Å². The first kappa shape index (κ1) is 25.1. The Morgan fingerprint density at radius 2 is 1.32 bits per heavy atom. The topological polar surface area (TPSA) is 38.7 Å². The average molecular weight is 455 g/mol. The zero-order valence-electron chi connectivity index (χ0n) is 20.5. The van der Waals surface area contributed by atoms with Gasteiger partial charge < -0.3 is 14.6 Å². The van der Waals surface area contributed by atoms with Crippen LogP contribution in [0.5, 0.6) is 11.5 Å². The summed E-state index contributed by atoms with van der Waals surface area (Å²) in [4.78, 5) is 0. The van der Waals surface area contributed by atoms with Crippen LogP contribution in [0.4, 0.5) is 0 Å². The number of aryl methyl sites for hydroxylation is 1. The van der Waals surface area contributed by atoms with E-state index in [-0.39, 0.29) is 5.75 Å². The zero-order chi connectivity index (χ0) is 24.4. The molecule has 0 aliphatic heterocycles. The largest absolute Gasteiger partial charge is 0.508 e. The molecule has 0 aliphatic carbocycles. The Balaban J connectivity index is 1.81. The van der Waals surface area contributed by atoms with Gasteiger partial charge in [0.15, 0.2) is 0 Å². The lowest BCUT2D eigenvalue weighted by Gasteiger charge is -2.26. The average Bonchev–Trinajstić information content (AvgIpc) is 2.82. The molecule has 3 nitrogen and oxygen atoms in total. The minimum atomic E-state index is -0.665. The molecule has 0 saturated heterocycles. The van der Waals surface area contributed by atoms with E-state index in [9.17, 15) is 5.11 Å². The number of hydrogen-bond donors (Lipinski definition) is 1. The highest BCUT2D eigenvalue weighted by atomic mass is 16.7. The van der Waals surface area contributed by atoms with Crippen molar-refractivity contribution in [1.29, 1.82) is 0 Å². The summed E-state index contributed by atoms with van der Waals surface area (Å²) in [5, 5.41) is 9.53. The zero-order valence-corrected chi connectivity index (χ0v) is 20.5. The molecule has 3 heteroatoms. The molecule has 0 fully saturated rings. The molecular formula is C31H34O3. The second-order valence-electron chi connectivity index (χ2n) is 8.73. The minimum absolute atomic E-state index is 0.262. The lowest BCUT2D eigenvalue weighted by molar-refractivity contribution is -0.156. The van der Waals surface area contributed by atoms with E-state index in [1.165, 1.54) is 5.56 Å². The fraction of sp³-hybridized carbons (Fsp3) is 0.226. The van der Waals surface area contributed by atoms with Gasteiger partial charge in [-0.15, -0.1) is 0 Å². The molecule has 0 atom stereocenters. The van der Waals surface area contributed by atoms with Gasteiger partial charge in [-0.1, -0.05) is 85.3 Å². The van der Waals surface area contributed by atoms with Crippen LogP contribution in [0.15, 0.2) is 90.5 Å². The molecule has 0 unspecified atom stereocenters. The molecule has 3 aromatic carbocycles. The first-order valence-corrected chi connectivity index (χ1v) is 11.7. The number of benzene rings is 3. The standard InChI is InChI=1S/C31H34O3/c1-5-22-33-31(3,4)34-30-20-16-28(17-21-30)23-27(12-10-25-8-6-24(2)7-9-25)13-11-26-14-18-29(32)19-15-26/h6-21,23,32H,5,22H2,1-4H3. The van der Waals surface area contributed by atoms with Crippen molar-refractivity contribution >= 4 is 18.2 Å². The van der Waals surface area contributed by atoms with Gasteiger partial charge in [-0.2, -0.15) is 0 Å². The fourth-order valence-corrected chi connectivity index (χ4v) is 3.29. The van der Waals surface area contributed by atoms with Gasteiger partial charge in [0.25, 0.3) is 0 Å². The molecular weight excluding hydrogens is 420 g/mol. The third-order valence-electron chi connectivity index (χ3n) is 5.14. The maximum atomic E-state index is 9.53. The van der Waals surface area contributed by atoms with Gasteiger partial charge in [0.1, 0.15) is 11.5 Å². The van der Waals surface area contributed by atoms with Gasteiger partial charge in [0.05, 0.1) is 6.61 Å². The smallest absolute Gasteiger partial charge is 0.204 e. The summed E-state index contributed by atoms with van der Waals surface area (Å²) in [6.45, 7) is 8.69. The van der Waals surface area contributed by atoms with Crippen molar-refractivity contribution in [3.05, 3.63) is 113 Å². The van der Waals surface area contributed by atoms with Gasteiger partial charge in [0.2, 0.25) is 5.79 Å². The lowest BCUT2D eigenvalue weighted by atomic mass is 10.1. The Morgan fingerprint density at radius 3 is 1.88 bits per heavy atom. The predicted octanol–water partition coefficient (Wildman–Crippen LogP) is 8.05. The molecule has 3 aromatic rings. The Hall–Kier alpha value is -3.56. The van der Waals surface area contributed by atoms with Crippen molar-refractivity contribution in [3.63, 3.8) is 0 Å². The Labute approximate surface area is 203 Å². The van der Waals surface area contributed by atoms with Gasteiger partial charge >= 0.3 is 0 Å². The summed E-state index contributed by atoms with van der Waals surface area (Å²) in [6, 6.07) is 23.6. The molecule has 0 spiro atoms. The van der Waals surface area contributed by atoms with Gasteiger partial charge in [-0.25, -0.2) is 0 Å². The van der Waals surface area contributed by atoms with Crippen LogP contribution in [-0.4, -0.2) is 17.5 Å². The number of allylic oxidation sites excluding steroid dienone is 3. The molecule has 0 aromatic heterocycles. The van der Waals surface area contributed by atoms with E-state index in [1.807, 2.05) is 56.3 Å². The molecule has 0 aliphatic rings. The van der Waals surface area contributed by atoms with E-state index in [0.29, 0.717) is 6.61 Å². The minimum Gasteiger partial charge on any atom is -0.508 e. The number of aromatic hydroxyl groups is 1. The number of ether oxygens (including phenoxy) is 2. The molecule has 0 heterocycles. The van der Waals surface area contributed by atoms with Crippen LogP contribution in [0.1, 0.15) is 49.4 Å². The third-order valence-corrected chi connectivity index (χ3v) is 5.14. The van der Waals surface area contributed by atoms with Crippen molar-refractivity contribution in [3.8, 4) is 11.5 Å². The monoisotopic (exact) mass is 454 g/mol. The summed E-state index contributed by atoms with van der Waals surface area (Å²) in [5.74, 6) is 0.370. The van der Waals surface area contributed by atoms with Crippen LogP contribution in [0.3, 0.4) is 0 Å². The van der Waals surface area contributed by atoms with Gasteiger partial charge in [-0.3, -0.25) is 0 Å². The van der Waals surface area contributed by atoms with Crippen LogP contribution in [-0.2, 0) is 4.74 Å². The van der Waals surface area contributed by atoms with Gasteiger partial charge in [0, 0.05) is 13.8 Å². The van der Waals surface area contributed by atoms with Crippen LogP contribution in [0, 0.1) is 6.92 Å². The molecule has 1 N–H and O–H groups in total. The Morgan fingerprint density at radius 1 is 0.794 bits per heavy atom. The van der Waals surface area contributed by atoms with E-state index in [2.05, 4.69) is 62.4 Å². The van der Waals surface area contributed by atoms with Gasteiger partial charge in [-0.05, 0) is 65.9 Å². The van der Waals surface area contributed by atoms with E-state index in [1.54, 1.807) is 12.1 Å². The lowest BCUT2D eigenvalue weighted by Crippen LogP contribution is -2.32. The highest BCUT2D eigenvalue weighted by Gasteiger charge is 2.19. The van der Waals surface area contributed by atoms with E-state index in [0.717, 1.165) is 34.4 Å². The fourth-order valence-electron chi connectivity index (χ4n) is 3.29. The molecule has 0 amide bonds. The van der Waals surface area contributed by atoms with Crippen LogP contribution in [0.2, 0.25) is 0 Å². The highest BCUT2D eigenvalue weighted by molar-refractivity contribution is 5.68. The number of phenols is 1. The van der Waals surface area contributed by atoms with Crippen molar-refractivity contribution in [2.75, 3.05) is 6.61 Å². The summed E-state index contributed by atoms with van der Waals surface area (Å²) in [5.41, 5.74) is 5.52. The SMILES string of the molecule is CCCOC(C)(C)Oc1ccc(C=C(C=Cc2ccc(C)cc2)C=Cc2ccc(O)cc2)cc1. The number of hydrogen-bond acceptors (Lipinski definition) is 3. The predicted molar refractivity (Wildman–Crippen MR) is 143 cm³/mol. The van der Waals surface area contributed by atoms with Crippen molar-refractivity contribution in [2.45, 2.75) is 39.9 Å². The maximum Gasteiger partial charge on any atom is 0.204 e. The molecule has 34 heavy (non-hydrogen) atoms. The second-order valence-corrected chi connectivity index (χ2v) is 8.73. The van der Waals surface area contributed by atoms with E-state index < -0.39 is 5.79 Å². The van der Waals surface area contributed by atoms with Crippen molar-refractivity contribution < 1.29 is 14.6 Å². The summed E-state index contributed by atoms with van der Waals surface area (Å²) in [6.07, 6.45) is 11.4.